The number of aryl methyl sites for hydroxylation is 1. The molecule has 2 N–H and O–H groups in total. The molecule has 1 saturated heterocycles. The summed E-state index contributed by atoms with van der Waals surface area (Å²) in [5.41, 5.74) is 9.77. The Balaban J connectivity index is 0.000000224. The summed E-state index contributed by atoms with van der Waals surface area (Å²) >= 11 is 0. The summed E-state index contributed by atoms with van der Waals surface area (Å²) in [6.45, 7) is 8.78. The third-order valence-electron chi connectivity index (χ3n) is 4.04. The minimum Gasteiger partial charge on any atom is -0.378 e. The van der Waals surface area contributed by atoms with E-state index in [9.17, 15) is 0 Å². The Kier molecular flexibility index (Phi) is 5.76. The Morgan fingerprint density at radius 1 is 1.19 bits per heavy atom. The van der Waals surface area contributed by atoms with Gasteiger partial charge >= 0.3 is 0 Å². The van der Waals surface area contributed by atoms with Gasteiger partial charge in [0.1, 0.15) is 5.52 Å². The number of pyridine rings is 1. The molecule has 0 bridgehead atoms. The maximum Gasteiger partial charge on any atom is 0.222 e. The van der Waals surface area contributed by atoms with E-state index in [-0.39, 0.29) is 7.37 Å². The van der Waals surface area contributed by atoms with Gasteiger partial charge in [0, 0.05) is 20.7 Å². The molecule has 0 unspecified atom stereocenters. The van der Waals surface area contributed by atoms with Gasteiger partial charge in [0.25, 0.3) is 0 Å². The van der Waals surface area contributed by atoms with E-state index in [0.717, 1.165) is 29.9 Å². The molecule has 0 aliphatic carbocycles. The SMILES string of the molecule is C=Cc1cccc(C)c1.Nc1nc(N2CCOCC2)c2ncccc2n1.[HH]. The van der Waals surface area contributed by atoms with E-state index in [1.54, 1.807) is 6.20 Å². The van der Waals surface area contributed by atoms with Crippen LogP contribution in [0.1, 0.15) is 12.6 Å². The lowest BCUT2D eigenvalue weighted by Crippen LogP contribution is -2.37. The molecule has 6 heteroatoms. The Hall–Kier alpha value is -2.99. The first-order chi connectivity index (χ1) is 12.7. The van der Waals surface area contributed by atoms with Crippen molar-refractivity contribution in [1.29, 1.82) is 0 Å². The number of hydrogen-bond donors (Lipinski definition) is 1. The van der Waals surface area contributed by atoms with Crippen molar-refractivity contribution in [3.05, 3.63) is 60.3 Å². The zero-order chi connectivity index (χ0) is 18.4. The highest BCUT2D eigenvalue weighted by Gasteiger charge is 2.17. The van der Waals surface area contributed by atoms with Crippen molar-refractivity contribution >= 4 is 28.9 Å². The highest BCUT2D eigenvalue weighted by Crippen LogP contribution is 2.22. The Labute approximate surface area is 154 Å². The largest absolute Gasteiger partial charge is 0.378 e. The van der Waals surface area contributed by atoms with Crippen LogP contribution >= 0.6 is 0 Å². The van der Waals surface area contributed by atoms with Gasteiger partial charge in [-0.2, -0.15) is 4.98 Å². The van der Waals surface area contributed by atoms with E-state index in [4.69, 9.17) is 10.5 Å². The van der Waals surface area contributed by atoms with Crippen molar-refractivity contribution < 1.29 is 6.16 Å². The third-order valence-corrected chi connectivity index (χ3v) is 4.04. The standard InChI is InChI=1S/C11H13N5O.C9H10.H2/c12-11-14-8-2-1-3-13-9(8)10(15-11)16-4-6-17-7-5-16;1-3-9-6-4-5-8(2)7-9;/h1-3H,4-7H2,(H2,12,14,15);3-7H,1H2,2H3;1H. The van der Waals surface area contributed by atoms with Crippen LogP contribution in [0, 0.1) is 6.92 Å². The van der Waals surface area contributed by atoms with Gasteiger partial charge in [0.2, 0.25) is 5.95 Å². The number of morpholine rings is 1. The Bertz CT molecular complexity index is 896. The molecule has 0 radical (unpaired) electrons. The molecule has 4 rings (SSSR count). The van der Waals surface area contributed by atoms with Crippen molar-refractivity contribution in [2.45, 2.75) is 6.92 Å². The number of fused-ring (bicyclic) bond motifs is 1. The van der Waals surface area contributed by atoms with Crippen LogP contribution in [0.3, 0.4) is 0 Å². The number of benzene rings is 1. The first-order valence-corrected chi connectivity index (χ1v) is 8.57. The third kappa shape index (κ3) is 4.34. The lowest BCUT2D eigenvalue weighted by atomic mass is 10.1. The normalized spacial score (nSPS) is 13.8. The molecule has 1 aliphatic rings. The van der Waals surface area contributed by atoms with Gasteiger partial charge < -0.3 is 15.4 Å². The van der Waals surface area contributed by atoms with Crippen molar-refractivity contribution in [1.82, 2.24) is 15.0 Å². The quantitative estimate of drug-likeness (QED) is 0.763. The smallest absolute Gasteiger partial charge is 0.222 e. The summed E-state index contributed by atoms with van der Waals surface area (Å²) in [6.07, 6.45) is 3.60. The summed E-state index contributed by atoms with van der Waals surface area (Å²) in [5.74, 6) is 1.09. The van der Waals surface area contributed by atoms with E-state index in [1.807, 2.05) is 30.3 Å². The number of ether oxygens (including phenoxy) is 1. The molecule has 136 valence electrons. The molecule has 0 amide bonds. The minimum absolute atomic E-state index is 0. The maximum absolute atomic E-state index is 5.72. The zero-order valence-electron chi connectivity index (χ0n) is 14.9. The average molecular weight is 351 g/mol. The maximum atomic E-state index is 5.72. The van der Waals surface area contributed by atoms with Gasteiger partial charge in [0.15, 0.2) is 5.82 Å². The van der Waals surface area contributed by atoms with Gasteiger partial charge in [-0.3, -0.25) is 4.98 Å². The van der Waals surface area contributed by atoms with Crippen LogP contribution in [0.2, 0.25) is 0 Å². The first kappa shape index (κ1) is 17.8. The van der Waals surface area contributed by atoms with Crippen LogP contribution in [0.4, 0.5) is 11.8 Å². The topological polar surface area (TPSA) is 77.2 Å². The molecule has 6 nitrogen and oxygen atoms in total. The van der Waals surface area contributed by atoms with Crippen LogP contribution in [-0.2, 0) is 4.74 Å². The predicted octanol–water partition coefficient (Wildman–Crippen LogP) is 3.33. The highest BCUT2D eigenvalue weighted by molar-refractivity contribution is 5.86. The number of nitrogen functional groups attached to an aromatic ring is 1. The lowest BCUT2D eigenvalue weighted by molar-refractivity contribution is 0.122. The van der Waals surface area contributed by atoms with Gasteiger partial charge in [-0.05, 0) is 24.6 Å². The summed E-state index contributed by atoms with van der Waals surface area (Å²) in [5, 5.41) is 0. The van der Waals surface area contributed by atoms with Gasteiger partial charge in [-0.15, -0.1) is 0 Å². The molecule has 0 saturated carbocycles. The van der Waals surface area contributed by atoms with Crippen LogP contribution in [-0.4, -0.2) is 41.3 Å². The second-order valence-electron chi connectivity index (χ2n) is 5.99. The molecule has 1 aromatic carbocycles. The van der Waals surface area contributed by atoms with Gasteiger partial charge in [0.05, 0.1) is 18.7 Å². The summed E-state index contributed by atoms with van der Waals surface area (Å²) in [4.78, 5) is 14.9. The monoisotopic (exact) mass is 351 g/mol. The molecule has 2 aromatic heterocycles. The summed E-state index contributed by atoms with van der Waals surface area (Å²) in [6, 6.07) is 12.0. The fourth-order valence-electron chi connectivity index (χ4n) is 2.76. The average Bonchev–Trinajstić information content (AvgIpc) is 2.68. The molecule has 0 spiro atoms. The predicted molar refractivity (Wildman–Crippen MR) is 108 cm³/mol. The number of rotatable bonds is 2. The lowest BCUT2D eigenvalue weighted by Gasteiger charge is -2.28. The number of nitrogens with two attached hydrogens (primary N) is 1. The van der Waals surface area contributed by atoms with Crippen molar-refractivity contribution in [2.75, 3.05) is 36.9 Å². The van der Waals surface area contributed by atoms with Gasteiger partial charge in [-0.25, -0.2) is 4.98 Å². The van der Waals surface area contributed by atoms with Crippen molar-refractivity contribution in [3.63, 3.8) is 0 Å². The minimum atomic E-state index is 0. The number of anilines is 2. The van der Waals surface area contributed by atoms with E-state index in [2.05, 4.69) is 45.5 Å². The number of aromatic nitrogens is 3. The van der Waals surface area contributed by atoms with Gasteiger partial charge in [-0.1, -0.05) is 42.5 Å². The van der Waals surface area contributed by atoms with Crippen molar-refractivity contribution in [3.8, 4) is 0 Å². The fourth-order valence-corrected chi connectivity index (χ4v) is 2.76. The van der Waals surface area contributed by atoms with E-state index < -0.39 is 0 Å². The van der Waals surface area contributed by atoms with Crippen LogP contribution in [0.25, 0.3) is 17.1 Å². The molecule has 0 atom stereocenters. The number of nitrogens with zero attached hydrogens (tertiary/aromatic N) is 4. The fraction of sp³-hybridized carbons (Fsp3) is 0.250. The number of hydrogen-bond acceptors (Lipinski definition) is 6. The molecular weight excluding hydrogens is 326 g/mol. The zero-order valence-corrected chi connectivity index (χ0v) is 14.9. The second kappa shape index (κ2) is 8.40. The Morgan fingerprint density at radius 3 is 2.69 bits per heavy atom. The van der Waals surface area contributed by atoms with Crippen molar-refractivity contribution in [2.24, 2.45) is 0 Å². The van der Waals surface area contributed by atoms with Crippen LogP contribution in [0.5, 0.6) is 0 Å². The highest BCUT2D eigenvalue weighted by atomic mass is 16.5. The molecule has 26 heavy (non-hydrogen) atoms. The van der Waals surface area contributed by atoms with E-state index in [0.29, 0.717) is 13.2 Å². The van der Waals surface area contributed by atoms with E-state index in [1.165, 1.54) is 11.1 Å². The summed E-state index contributed by atoms with van der Waals surface area (Å²) in [7, 11) is 0. The second-order valence-corrected chi connectivity index (χ2v) is 5.99. The van der Waals surface area contributed by atoms with Crippen LogP contribution in [0.15, 0.2) is 49.2 Å². The molecular formula is C20H25N5O. The van der Waals surface area contributed by atoms with Crippen LogP contribution < -0.4 is 10.6 Å². The first-order valence-electron chi connectivity index (χ1n) is 8.57. The summed E-state index contributed by atoms with van der Waals surface area (Å²) < 4.78 is 5.33. The molecule has 3 aromatic rings. The molecule has 1 fully saturated rings. The molecule has 3 heterocycles. The van der Waals surface area contributed by atoms with E-state index >= 15 is 0 Å². The molecule has 1 aliphatic heterocycles. The Morgan fingerprint density at radius 2 is 2.00 bits per heavy atom.